The summed E-state index contributed by atoms with van der Waals surface area (Å²) in [4.78, 5) is 4.42. The fourth-order valence-corrected chi connectivity index (χ4v) is 3.42. The number of nitrogens with one attached hydrogen (secondary N) is 1. The van der Waals surface area contributed by atoms with E-state index in [4.69, 9.17) is 28.6 Å². The highest BCUT2D eigenvalue weighted by Crippen LogP contribution is 2.23. The van der Waals surface area contributed by atoms with E-state index in [9.17, 15) is 5.11 Å². The summed E-state index contributed by atoms with van der Waals surface area (Å²) in [5, 5.41) is 14.7. The van der Waals surface area contributed by atoms with E-state index >= 15 is 0 Å². The number of thiocarbonyl (C=S) groups is 1. The molecule has 3 rings (SSSR count). The molecule has 2 aromatic carbocycles. The molecular weight excluding hydrogens is 382 g/mol. The van der Waals surface area contributed by atoms with Crippen LogP contribution in [0.2, 0.25) is 5.02 Å². The molecule has 0 saturated carbocycles. The molecule has 0 unspecified atom stereocenters. The molecule has 144 valence electrons. The Morgan fingerprint density at radius 3 is 2.67 bits per heavy atom. The first-order valence-corrected chi connectivity index (χ1v) is 9.79. The molecule has 0 atom stereocenters. The summed E-state index contributed by atoms with van der Waals surface area (Å²) >= 11 is 11.8. The number of anilines is 1. The summed E-state index contributed by atoms with van der Waals surface area (Å²) in [6.07, 6.45) is 0. The van der Waals surface area contributed by atoms with Crippen molar-refractivity contribution in [3.8, 4) is 5.75 Å². The Morgan fingerprint density at radius 2 is 1.93 bits per heavy atom. The van der Waals surface area contributed by atoms with Crippen molar-refractivity contribution in [1.82, 2.24) is 9.80 Å². The fraction of sp³-hybridized carbons (Fsp3) is 0.350. The molecule has 2 aromatic rings. The second kappa shape index (κ2) is 9.90. The molecule has 0 aromatic heterocycles. The van der Waals surface area contributed by atoms with Gasteiger partial charge in [-0.2, -0.15) is 0 Å². The van der Waals surface area contributed by atoms with Crippen molar-refractivity contribution in [3.05, 3.63) is 59.1 Å². The van der Waals surface area contributed by atoms with Gasteiger partial charge >= 0.3 is 0 Å². The van der Waals surface area contributed by atoms with Crippen LogP contribution in [0.15, 0.2) is 48.5 Å². The topological polar surface area (TPSA) is 48.0 Å². The molecule has 0 bridgehead atoms. The lowest BCUT2D eigenvalue weighted by Crippen LogP contribution is -2.43. The lowest BCUT2D eigenvalue weighted by atomic mass is 10.2. The Hall–Kier alpha value is -1.86. The molecule has 0 aliphatic carbocycles. The van der Waals surface area contributed by atoms with Gasteiger partial charge in [-0.1, -0.05) is 29.8 Å². The van der Waals surface area contributed by atoms with Crippen LogP contribution in [0.25, 0.3) is 0 Å². The van der Waals surface area contributed by atoms with Crippen LogP contribution in [0.3, 0.4) is 0 Å². The second-order valence-electron chi connectivity index (χ2n) is 6.44. The van der Waals surface area contributed by atoms with Crippen molar-refractivity contribution < 1.29 is 9.84 Å². The number of benzene rings is 2. The Bertz CT molecular complexity index is 754. The van der Waals surface area contributed by atoms with Crippen molar-refractivity contribution in [2.24, 2.45) is 0 Å². The summed E-state index contributed by atoms with van der Waals surface area (Å²) in [5.74, 6) is 0.221. The van der Waals surface area contributed by atoms with E-state index in [0.717, 1.165) is 50.6 Å². The Morgan fingerprint density at radius 1 is 1.19 bits per heavy atom. The minimum absolute atomic E-state index is 0.221. The molecule has 0 spiro atoms. The van der Waals surface area contributed by atoms with Gasteiger partial charge in [0.15, 0.2) is 5.11 Å². The predicted molar refractivity (Wildman–Crippen MR) is 113 cm³/mol. The van der Waals surface area contributed by atoms with E-state index < -0.39 is 0 Å². The number of hydrogen-bond donors (Lipinski definition) is 2. The zero-order valence-electron chi connectivity index (χ0n) is 15.1. The molecule has 0 amide bonds. The van der Waals surface area contributed by atoms with E-state index in [-0.39, 0.29) is 5.75 Å². The van der Waals surface area contributed by atoms with Gasteiger partial charge in [0.25, 0.3) is 0 Å². The quantitative estimate of drug-likeness (QED) is 0.716. The van der Waals surface area contributed by atoms with Gasteiger partial charge in [-0.05, 0) is 42.5 Å². The number of aromatic hydroxyl groups is 1. The molecule has 7 heteroatoms. The van der Waals surface area contributed by atoms with Crippen LogP contribution in [0.1, 0.15) is 5.56 Å². The number of phenolic OH excluding ortho intramolecular Hbond substituents is 1. The van der Waals surface area contributed by atoms with Gasteiger partial charge in [0.05, 0.1) is 13.2 Å². The SMILES string of the molecule is Oc1ccc(Cl)cc1CN(CCN1CCOCC1)C(=S)Nc1ccccc1. The highest BCUT2D eigenvalue weighted by molar-refractivity contribution is 7.80. The summed E-state index contributed by atoms with van der Waals surface area (Å²) in [6.45, 7) is 5.48. The van der Waals surface area contributed by atoms with E-state index in [1.165, 1.54) is 0 Å². The number of nitrogens with zero attached hydrogens (tertiary/aromatic N) is 2. The van der Waals surface area contributed by atoms with Gasteiger partial charge in [-0.3, -0.25) is 4.90 Å². The average molecular weight is 406 g/mol. The lowest BCUT2D eigenvalue weighted by Gasteiger charge is -2.31. The molecule has 1 heterocycles. The summed E-state index contributed by atoms with van der Waals surface area (Å²) in [6, 6.07) is 14.9. The predicted octanol–water partition coefficient (Wildman–Crippen LogP) is 3.58. The van der Waals surface area contributed by atoms with Gasteiger partial charge in [0, 0.05) is 49.0 Å². The number of phenols is 1. The number of rotatable bonds is 6. The van der Waals surface area contributed by atoms with Crippen molar-refractivity contribution in [2.45, 2.75) is 6.54 Å². The minimum Gasteiger partial charge on any atom is -0.508 e. The van der Waals surface area contributed by atoms with E-state index in [1.807, 2.05) is 30.3 Å². The van der Waals surface area contributed by atoms with Crippen LogP contribution in [-0.4, -0.2) is 59.4 Å². The maximum Gasteiger partial charge on any atom is 0.173 e. The van der Waals surface area contributed by atoms with Crippen molar-refractivity contribution >= 4 is 34.6 Å². The number of ether oxygens (including phenoxy) is 1. The maximum absolute atomic E-state index is 10.2. The van der Waals surface area contributed by atoms with Crippen LogP contribution in [0, 0.1) is 0 Å². The Kier molecular flexibility index (Phi) is 7.29. The number of hydrogen-bond acceptors (Lipinski definition) is 4. The summed E-state index contributed by atoms with van der Waals surface area (Å²) < 4.78 is 5.42. The summed E-state index contributed by atoms with van der Waals surface area (Å²) in [7, 11) is 0. The average Bonchev–Trinajstić information content (AvgIpc) is 2.69. The third kappa shape index (κ3) is 6.07. The van der Waals surface area contributed by atoms with Crippen LogP contribution in [0.4, 0.5) is 5.69 Å². The molecule has 0 radical (unpaired) electrons. The smallest absolute Gasteiger partial charge is 0.173 e. The molecule has 1 fully saturated rings. The standard InChI is InChI=1S/C20H24ClN3O2S/c21-17-6-7-19(25)16(14-17)15-24(9-8-23-10-12-26-13-11-23)20(27)22-18-4-2-1-3-5-18/h1-7,14,25H,8-13,15H2,(H,22,27). The highest BCUT2D eigenvalue weighted by atomic mass is 35.5. The first-order chi connectivity index (χ1) is 13.1. The van der Waals surface area contributed by atoms with Gasteiger partial charge < -0.3 is 20.1 Å². The first kappa shape index (κ1) is 19.9. The molecule has 1 aliphatic rings. The van der Waals surface area contributed by atoms with Gasteiger partial charge in [-0.25, -0.2) is 0 Å². The normalized spacial score (nSPS) is 14.7. The fourth-order valence-electron chi connectivity index (χ4n) is 2.95. The monoisotopic (exact) mass is 405 g/mol. The number of halogens is 1. The zero-order chi connectivity index (χ0) is 19.1. The van der Waals surface area contributed by atoms with Gasteiger partial charge in [0.2, 0.25) is 0 Å². The first-order valence-electron chi connectivity index (χ1n) is 9.00. The van der Waals surface area contributed by atoms with Crippen molar-refractivity contribution in [3.63, 3.8) is 0 Å². The summed E-state index contributed by atoms with van der Waals surface area (Å²) in [5.41, 5.74) is 1.69. The molecule has 1 saturated heterocycles. The Balaban J connectivity index is 1.70. The van der Waals surface area contributed by atoms with E-state index in [1.54, 1.807) is 18.2 Å². The molecule has 27 heavy (non-hydrogen) atoms. The van der Waals surface area contributed by atoms with E-state index in [2.05, 4.69) is 15.1 Å². The lowest BCUT2D eigenvalue weighted by molar-refractivity contribution is 0.0358. The van der Waals surface area contributed by atoms with Crippen molar-refractivity contribution in [1.29, 1.82) is 0 Å². The highest BCUT2D eigenvalue weighted by Gasteiger charge is 2.16. The number of para-hydroxylation sites is 1. The second-order valence-corrected chi connectivity index (χ2v) is 7.27. The minimum atomic E-state index is 0.221. The molecular formula is C20H24ClN3O2S. The third-order valence-electron chi connectivity index (χ3n) is 4.50. The van der Waals surface area contributed by atoms with Crippen LogP contribution >= 0.6 is 23.8 Å². The van der Waals surface area contributed by atoms with Gasteiger partial charge in [-0.15, -0.1) is 0 Å². The van der Waals surface area contributed by atoms with E-state index in [0.29, 0.717) is 16.7 Å². The molecule has 2 N–H and O–H groups in total. The van der Waals surface area contributed by atoms with Crippen LogP contribution in [-0.2, 0) is 11.3 Å². The Labute approximate surface area is 170 Å². The molecule has 1 aliphatic heterocycles. The van der Waals surface area contributed by atoms with Gasteiger partial charge in [0.1, 0.15) is 5.75 Å². The molecule has 5 nitrogen and oxygen atoms in total. The van der Waals surface area contributed by atoms with Crippen molar-refractivity contribution in [2.75, 3.05) is 44.7 Å². The number of morpholine rings is 1. The zero-order valence-corrected chi connectivity index (χ0v) is 16.7. The van der Waals surface area contributed by atoms with Crippen LogP contribution in [0.5, 0.6) is 5.75 Å². The largest absolute Gasteiger partial charge is 0.508 e. The third-order valence-corrected chi connectivity index (χ3v) is 5.10. The maximum atomic E-state index is 10.2. The van der Waals surface area contributed by atoms with Crippen LogP contribution < -0.4 is 5.32 Å².